The summed E-state index contributed by atoms with van der Waals surface area (Å²) in [5, 5.41) is 10.7. The topological polar surface area (TPSA) is 49.8 Å². The molecule has 0 spiro atoms. The molecule has 4 nitrogen and oxygen atoms in total. The highest BCUT2D eigenvalue weighted by Gasteiger charge is 2.44. The number of nitrogens with zero attached hydrogens (tertiary/aromatic N) is 1. The van der Waals surface area contributed by atoms with Gasteiger partial charge in [-0.15, -0.1) is 0 Å². The SMILES string of the molecule is CC(=O)C1(C)CC[C@@H]2CCCCC2ON1O. The maximum atomic E-state index is 11.6. The van der Waals surface area contributed by atoms with Gasteiger partial charge in [-0.1, -0.05) is 18.1 Å². The number of hydroxylamine groups is 2. The predicted octanol–water partition coefficient (Wildman–Crippen LogP) is 2.31. The van der Waals surface area contributed by atoms with E-state index in [1.165, 1.54) is 13.3 Å². The molecule has 0 aromatic carbocycles. The molecule has 0 aromatic rings. The summed E-state index contributed by atoms with van der Waals surface area (Å²) in [6.45, 7) is 3.27. The van der Waals surface area contributed by atoms with Crippen molar-refractivity contribution < 1.29 is 14.8 Å². The molecule has 2 aliphatic rings. The molecule has 0 bridgehead atoms. The molecule has 0 amide bonds. The van der Waals surface area contributed by atoms with Crippen molar-refractivity contribution in [3.05, 3.63) is 0 Å². The lowest BCUT2D eigenvalue weighted by Gasteiger charge is -2.33. The van der Waals surface area contributed by atoms with Crippen LogP contribution in [0.15, 0.2) is 0 Å². The first-order valence-electron chi connectivity index (χ1n) is 6.21. The Morgan fingerprint density at radius 1 is 1.38 bits per heavy atom. The van der Waals surface area contributed by atoms with Crippen LogP contribution < -0.4 is 0 Å². The summed E-state index contributed by atoms with van der Waals surface area (Å²) >= 11 is 0. The van der Waals surface area contributed by atoms with E-state index >= 15 is 0 Å². The summed E-state index contributed by atoms with van der Waals surface area (Å²) in [7, 11) is 0. The number of ketones is 1. The predicted molar refractivity (Wildman–Crippen MR) is 58.8 cm³/mol. The van der Waals surface area contributed by atoms with Crippen molar-refractivity contribution in [2.24, 2.45) is 5.92 Å². The van der Waals surface area contributed by atoms with Gasteiger partial charge in [0.05, 0.1) is 6.10 Å². The van der Waals surface area contributed by atoms with Gasteiger partial charge in [-0.25, -0.2) is 0 Å². The minimum Gasteiger partial charge on any atom is -0.298 e. The minimum absolute atomic E-state index is 0.0337. The Balaban J connectivity index is 2.14. The van der Waals surface area contributed by atoms with Crippen LogP contribution in [-0.4, -0.2) is 27.9 Å². The molecule has 1 N–H and O–H groups in total. The Morgan fingerprint density at radius 3 is 2.75 bits per heavy atom. The standard InChI is InChI=1S/C12H21NO3/c1-9(14)12(2)8-7-10-5-3-4-6-11(10)16-13(12)15/h10-11,15H,3-8H2,1-2H3/t10-,11?,12?/m0/s1. The van der Waals surface area contributed by atoms with Gasteiger partial charge in [-0.2, -0.15) is 0 Å². The fourth-order valence-corrected chi connectivity index (χ4v) is 2.76. The average Bonchev–Trinajstić information content (AvgIpc) is 2.38. The fraction of sp³-hybridized carbons (Fsp3) is 0.917. The molecule has 1 saturated heterocycles. The third-order valence-electron chi connectivity index (χ3n) is 4.26. The highest BCUT2D eigenvalue weighted by molar-refractivity contribution is 5.85. The third-order valence-corrected chi connectivity index (χ3v) is 4.26. The van der Waals surface area contributed by atoms with E-state index < -0.39 is 5.54 Å². The Kier molecular flexibility index (Phi) is 3.33. The van der Waals surface area contributed by atoms with E-state index in [9.17, 15) is 10.0 Å². The van der Waals surface area contributed by atoms with Crippen LogP contribution in [0.4, 0.5) is 0 Å². The Bertz CT molecular complexity index is 281. The Morgan fingerprint density at radius 2 is 2.06 bits per heavy atom. The molecule has 16 heavy (non-hydrogen) atoms. The van der Waals surface area contributed by atoms with Gasteiger partial charge in [0, 0.05) is 0 Å². The van der Waals surface area contributed by atoms with Crippen LogP contribution in [0.2, 0.25) is 0 Å². The number of fused-ring (bicyclic) bond motifs is 1. The molecule has 92 valence electrons. The van der Waals surface area contributed by atoms with Gasteiger partial charge in [0.15, 0.2) is 5.78 Å². The van der Waals surface area contributed by atoms with E-state index in [-0.39, 0.29) is 11.9 Å². The zero-order chi connectivity index (χ0) is 11.8. The van der Waals surface area contributed by atoms with Crippen molar-refractivity contribution in [3.63, 3.8) is 0 Å². The summed E-state index contributed by atoms with van der Waals surface area (Å²) in [6, 6.07) is 0. The van der Waals surface area contributed by atoms with Crippen molar-refractivity contribution in [1.29, 1.82) is 0 Å². The van der Waals surface area contributed by atoms with Gasteiger partial charge in [0.1, 0.15) is 5.54 Å². The van der Waals surface area contributed by atoms with E-state index in [2.05, 4.69) is 0 Å². The number of carbonyl (C=O) groups is 1. The Hall–Kier alpha value is -0.450. The van der Waals surface area contributed by atoms with Gasteiger partial charge in [-0.05, 0) is 45.4 Å². The summed E-state index contributed by atoms with van der Waals surface area (Å²) in [6.07, 6.45) is 6.30. The van der Waals surface area contributed by atoms with Gasteiger partial charge in [0.2, 0.25) is 0 Å². The van der Waals surface area contributed by atoms with Gasteiger partial charge < -0.3 is 0 Å². The van der Waals surface area contributed by atoms with Crippen LogP contribution in [0, 0.1) is 5.92 Å². The second-order valence-electron chi connectivity index (χ2n) is 5.33. The van der Waals surface area contributed by atoms with E-state index in [0.29, 0.717) is 12.3 Å². The smallest absolute Gasteiger partial charge is 0.154 e. The van der Waals surface area contributed by atoms with E-state index in [0.717, 1.165) is 30.9 Å². The maximum absolute atomic E-state index is 11.6. The van der Waals surface area contributed by atoms with Gasteiger partial charge in [-0.3, -0.25) is 14.8 Å². The van der Waals surface area contributed by atoms with Crippen molar-refractivity contribution in [1.82, 2.24) is 5.23 Å². The van der Waals surface area contributed by atoms with Crippen LogP contribution in [0.25, 0.3) is 0 Å². The molecule has 1 heterocycles. The monoisotopic (exact) mass is 227 g/mol. The molecular formula is C12H21NO3. The zero-order valence-electron chi connectivity index (χ0n) is 10.1. The zero-order valence-corrected chi connectivity index (χ0v) is 10.1. The van der Waals surface area contributed by atoms with Crippen LogP contribution >= 0.6 is 0 Å². The van der Waals surface area contributed by atoms with Gasteiger partial charge in [0.25, 0.3) is 0 Å². The largest absolute Gasteiger partial charge is 0.298 e. The lowest BCUT2D eigenvalue weighted by molar-refractivity contribution is -0.395. The Labute approximate surface area is 96.5 Å². The molecule has 1 saturated carbocycles. The highest BCUT2D eigenvalue weighted by atomic mass is 16.9. The fourth-order valence-electron chi connectivity index (χ4n) is 2.76. The quantitative estimate of drug-likeness (QED) is 0.746. The van der Waals surface area contributed by atoms with E-state index in [4.69, 9.17) is 4.84 Å². The normalized spacial score (nSPS) is 41.2. The van der Waals surface area contributed by atoms with Crippen molar-refractivity contribution in [2.75, 3.05) is 0 Å². The molecule has 1 aliphatic heterocycles. The van der Waals surface area contributed by atoms with Crippen LogP contribution in [0.3, 0.4) is 0 Å². The van der Waals surface area contributed by atoms with E-state index in [1.54, 1.807) is 6.92 Å². The van der Waals surface area contributed by atoms with Crippen molar-refractivity contribution >= 4 is 5.78 Å². The first-order valence-corrected chi connectivity index (χ1v) is 6.21. The molecule has 1 aliphatic carbocycles. The van der Waals surface area contributed by atoms with Gasteiger partial charge >= 0.3 is 0 Å². The average molecular weight is 227 g/mol. The summed E-state index contributed by atoms with van der Waals surface area (Å²) < 4.78 is 0. The molecule has 0 radical (unpaired) electrons. The second-order valence-corrected chi connectivity index (χ2v) is 5.33. The molecule has 2 fully saturated rings. The third kappa shape index (κ3) is 2.01. The first kappa shape index (κ1) is 12.0. The summed E-state index contributed by atoms with van der Waals surface area (Å²) in [5.41, 5.74) is -0.864. The number of hydrogen-bond acceptors (Lipinski definition) is 4. The van der Waals surface area contributed by atoms with E-state index in [1.807, 2.05) is 0 Å². The van der Waals surface area contributed by atoms with Crippen molar-refractivity contribution in [3.8, 4) is 0 Å². The molecule has 4 heteroatoms. The molecule has 2 rings (SSSR count). The maximum Gasteiger partial charge on any atom is 0.154 e. The number of hydrogen-bond donors (Lipinski definition) is 1. The van der Waals surface area contributed by atoms with Crippen LogP contribution in [0.5, 0.6) is 0 Å². The van der Waals surface area contributed by atoms with Crippen molar-refractivity contribution in [2.45, 2.75) is 64.0 Å². The molecule has 2 unspecified atom stereocenters. The number of carbonyl (C=O) groups excluding carboxylic acids is 1. The van der Waals surface area contributed by atoms with Crippen LogP contribution in [0.1, 0.15) is 52.4 Å². The highest BCUT2D eigenvalue weighted by Crippen LogP contribution is 2.37. The molecular weight excluding hydrogens is 206 g/mol. The van der Waals surface area contributed by atoms with Crippen LogP contribution in [-0.2, 0) is 9.63 Å². The number of Topliss-reactive ketones (excluding diaryl/α,β-unsaturated/α-hetero) is 1. The lowest BCUT2D eigenvalue weighted by Crippen LogP contribution is -2.49. The molecule has 0 aromatic heterocycles. The first-order chi connectivity index (χ1) is 7.54. The number of rotatable bonds is 1. The molecule has 3 atom stereocenters. The summed E-state index contributed by atoms with van der Waals surface area (Å²) in [5.74, 6) is 0.471. The lowest BCUT2D eigenvalue weighted by atomic mass is 9.81. The summed E-state index contributed by atoms with van der Waals surface area (Å²) in [4.78, 5) is 17.2. The minimum atomic E-state index is -0.864. The second kappa shape index (κ2) is 4.43.